The molecule has 0 saturated carbocycles. The van der Waals surface area contributed by atoms with E-state index in [1.165, 1.54) is 9.87 Å². The average molecular weight is 379 g/mol. The number of rotatable bonds is 5. The first kappa shape index (κ1) is 18.8. The maximum Gasteiger partial charge on any atom is 0.242 e. The lowest BCUT2D eigenvalue weighted by atomic mass is 9.84. The van der Waals surface area contributed by atoms with E-state index in [9.17, 15) is 18.0 Å². The molecule has 0 unspecified atom stereocenters. The minimum absolute atomic E-state index is 0.153. The Balaban J connectivity index is 1.59. The molecule has 2 heterocycles. The molecule has 2 aliphatic heterocycles. The monoisotopic (exact) mass is 379 g/mol. The van der Waals surface area contributed by atoms with E-state index in [1.807, 2.05) is 24.3 Å². The third-order valence-electron chi connectivity index (χ3n) is 5.38. The van der Waals surface area contributed by atoms with Crippen molar-refractivity contribution < 1.29 is 18.0 Å². The van der Waals surface area contributed by atoms with Crippen molar-refractivity contribution in [1.29, 1.82) is 0 Å². The number of hydrogen-bond acceptors (Lipinski definition) is 4. The first-order valence-corrected chi connectivity index (χ1v) is 10.7. The van der Waals surface area contributed by atoms with Gasteiger partial charge in [0.05, 0.1) is 11.7 Å². The summed E-state index contributed by atoms with van der Waals surface area (Å²) >= 11 is 0. The second kappa shape index (κ2) is 7.00. The van der Waals surface area contributed by atoms with E-state index in [2.05, 4.69) is 17.6 Å². The van der Waals surface area contributed by atoms with Gasteiger partial charge in [-0.05, 0) is 30.4 Å². The van der Waals surface area contributed by atoms with Crippen LogP contribution in [0.25, 0.3) is 0 Å². The Hall–Kier alpha value is -1.93. The number of hydrogen-bond donors (Lipinski definition) is 2. The van der Waals surface area contributed by atoms with Gasteiger partial charge in [0, 0.05) is 19.6 Å². The van der Waals surface area contributed by atoms with Crippen LogP contribution >= 0.6 is 0 Å². The molecule has 2 atom stereocenters. The van der Waals surface area contributed by atoms with E-state index in [4.69, 9.17) is 0 Å². The number of carbonyl (C=O) groups excluding carboxylic acids is 2. The van der Waals surface area contributed by atoms with Gasteiger partial charge in [-0.2, -0.15) is 0 Å². The van der Waals surface area contributed by atoms with Gasteiger partial charge in [-0.25, -0.2) is 12.7 Å². The lowest BCUT2D eigenvalue weighted by molar-refractivity contribution is -0.128. The van der Waals surface area contributed by atoms with Crippen molar-refractivity contribution in [2.45, 2.75) is 38.8 Å². The van der Waals surface area contributed by atoms with Gasteiger partial charge in [0.2, 0.25) is 21.8 Å². The fourth-order valence-electron chi connectivity index (χ4n) is 3.68. The normalized spacial score (nSPS) is 26.2. The number of nitrogens with one attached hydrogen (secondary N) is 2. The Morgan fingerprint density at radius 3 is 2.54 bits per heavy atom. The summed E-state index contributed by atoms with van der Waals surface area (Å²) < 4.78 is 24.8. The Labute approximate surface area is 154 Å². The average Bonchev–Trinajstić information content (AvgIpc) is 3.18. The number of carbonyl (C=O) groups is 2. The summed E-state index contributed by atoms with van der Waals surface area (Å²) in [5, 5.41) is 5.60. The summed E-state index contributed by atoms with van der Waals surface area (Å²) in [5.41, 5.74) is 1.45. The molecule has 1 spiro atoms. The zero-order valence-electron chi connectivity index (χ0n) is 15.1. The second-order valence-electron chi connectivity index (χ2n) is 7.24. The summed E-state index contributed by atoms with van der Waals surface area (Å²) in [6.45, 7) is 2.96. The van der Waals surface area contributed by atoms with Crippen LogP contribution in [0, 0.1) is 5.41 Å². The molecule has 0 aliphatic carbocycles. The highest BCUT2D eigenvalue weighted by molar-refractivity contribution is 7.88. The lowest BCUT2D eigenvalue weighted by Crippen LogP contribution is -2.41. The summed E-state index contributed by atoms with van der Waals surface area (Å²) in [5.74, 6) is -0.455. The predicted octanol–water partition coefficient (Wildman–Crippen LogP) is 0.405. The van der Waals surface area contributed by atoms with Gasteiger partial charge in [0.25, 0.3) is 0 Å². The van der Waals surface area contributed by atoms with Crippen molar-refractivity contribution in [2.75, 3.05) is 19.3 Å². The third kappa shape index (κ3) is 3.76. The summed E-state index contributed by atoms with van der Waals surface area (Å²) in [6.07, 6.45) is 2.90. The van der Waals surface area contributed by atoms with Crippen LogP contribution in [-0.4, -0.2) is 49.9 Å². The number of amides is 2. The standard InChI is InChI=1S/C18H25N3O4S/c1-3-13-4-6-14(7-5-13)11-19-16(22)15-10-18(17(23)20-15)8-9-21(12-18)26(2,24)25/h4-7,15H,3,8-12H2,1-2H3,(H,19,22)(H,20,23)/t15-,18+/m0/s1. The fraction of sp³-hybridized carbons (Fsp3) is 0.556. The molecule has 1 aromatic rings. The van der Waals surface area contributed by atoms with Crippen LogP contribution in [0.4, 0.5) is 0 Å². The van der Waals surface area contributed by atoms with Gasteiger partial charge in [0.15, 0.2) is 0 Å². The summed E-state index contributed by atoms with van der Waals surface area (Å²) in [6, 6.07) is 7.42. The highest BCUT2D eigenvalue weighted by atomic mass is 32.2. The maximum absolute atomic E-state index is 12.4. The highest BCUT2D eigenvalue weighted by Gasteiger charge is 2.53. The molecule has 2 aliphatic rings. The SMILES string of the molecule is CCc1ccc(CNC(=O)[C@@H]2C[C@@]3(CCN(S(C)(=O)=O)C3)C(=O)N2)cc1. The predicted molar refractivity (Wildman–Crippen MR) is 97.7 cm³/mol. The summed E-state index contributed by atoms with van der Waals surface area (Å²) in [7, 11) is -3.33. The molecule has 8 heteroatoms. The molecule has 0 aromatic heterocycles. The van der Waals surface area contributed by atoms with E-state index in [0.717, 1.165) is 18.2 Å². The number of nitrogens with zero attached hydrogens (tertiary/aromatic N) is 1. The highest BCUT2D eigenvalue weighted by Crippen LogP contribution is 2.40. The van der Waals surface area contributed by atoms with E-state index >= 15 is 0 Å². The molecule has 2 fully saturated rings. The van der Waals surface area contributed by atoms with Crippen LogP contribution < -0.4 is 10.6 Å². The van der Waals surface area contributed by atoms with Gasteiger partial charge in [-0.15, -0.1) is 0 Å². The first-order valence-electron chi connectivity index (χ1n) is 8.85. The molecule has 0 bridgehead atoms. The zero-order valence-corrected chi connectivity index (χ0v) is 15.9. The zero-order chi connectivity index (χ0) is 18.9. The van der Waals surface area contributed by atoms with E-state index < -0.39 is 21.5 Å². The van der Waals surface area contributed by atoms with Crippen LogP contribution in [0.1, 0.15) is 30.9 Å². The van der Waals surface area contributed by atoms with Gasteiger partial charge >= 0.3 is 0 Å². The van der Waals surface area contributed by atoms with E-state index in [-0.39, 0.29) is 18.4 Å². The molecule has 26 heavy (non-hydrogen) atoms. The maximum atomic E-state index is 12.4. The molecular weight excluding hydrogens is 354 g/mol. The van der Waals surface area contributed by atoms with Crippen LogP contribution in [-0.2, 0) is 32.6 Å². The molecule has 0 radical (unpaired) electrons. The largest absolute Gasteiger partial charge is 0.350 e. The van der Waals surface area contributed by atoms with Crippen LogP contribution in [0.3, 0.4) is 0 Å². The molecule has 7 nitrogen and oxygen atoms in total. The van der Waals surface area contributed by atoms with Crippen molar-refractivity contribution >= 4 is 21.8 Å². The Morgan fingerprint density at radius 1 is 1.31 bits per heavy atom. The van der Waals surface area contributed by atoms with Crippen LogP contribution in [0.5, 0.6) is 0 Å². The van der Waals surface area contributed by atoms with Crippen molar-refractivity contribution in [1.82, 2.24) is 14.9 Å². The molecule has 3 rings (SSSR count). The lowest BCUT2D eigenvalue weighted by Gasteiger charge is -2.20. The van der Waals surface area contributed by atoms with Gasteiger partial charge in [-0.3, -0.25) is 9.59 Å². The quantitative estimate of drug-likeness (QED) is 0.774. The number of sulfonamides is 1. The molecule has 2 N–H and O–H groups in total. The Bertz CT molecular complexity index is 806. The van der Waals surface area contributed by atoms with Gasteiger partial charge < -0.3 is 10.6 Å². The molecular formula is C18H25N3O4S. The topological polar surface area (TPSA) is 95.6 Å². The van der Waals surface area contributed by atoms with E-state index in [1.54, 1.807) is 0 Å². The van der Waals surface area contributed by atoms with Crippen molar-refractivity contribution in [3.8, 4) is 0 Å². The minimum atomic E-state index is -3.33. The van der Waals surface area contributed by atoms with Crippen molar-refractivity contribution in [3.63, 3.8) is 0 Å². The van der Waals surface area contributed by atoms with Gasteiger partial charge in [0.1, 0.15) is 6.04 Å². The molecule has 2 amide bonds. The van der Waals surface area contributed by atoms with Gasteiger partial charge in [-0.1, -0.05) is 31.2 Å². The molecule has 142 valence electrons. The smallest absolute Gasteiger partial charge is 0.242 e. The second-order valence-corrected chi connectivity index (χ2v) is 9.23. The van der Waals surface area contributed by atoms with E-state index in [0.29, 0.717) is 25.9 Å². The Morgan fingerprint density at radius 2 is 1.96 bits per heavy atom. The molecule has 1 aromatic carbocycles. The summed E-state index contributed by atoms with van der Waals surface area (Å²) in [4.78, 5) is 24.9. The minimum Gasteiger partial charge on any atom is -0.350 e. The van der Waals surface area contributed by atoms with Crippen molar-refractivity contribution in [2.24, 2.45) is 5.41 Å². The van der Waals surface area contributed by atoms with Crippen LogP contribution in [0.2, 0.25) is 0 Å². The van der Waals surface area contributed by atoms with Crippen LogP contribution in [0.15, 0.2) is 24.3 Å². The number of benzene rings is 1. The molecule has 2 saturated heterocycles. The fourth-order valence-corrected chi connectivity index (χ4v) is 4.58. The third-order valence-corrected chi connectivity index (χ3v) is 6.63. The Kier molecular flexibility index (Phi) is 5.07. The van der Waals surface area contributed by atoms with Crippen molar-refractivity contribution in [3.05, 3.63) is 35.4 Å². The number of aryl methyl sites for hydroxylation is 1. The first-order chi connectivity index (χ1) is 12.2.